The molecule has 5 nitrogen and oxygen atoms in total. The minimum absolute atomic E-state index is 0.0130. The van der Waals surface area contributed by atoms with E-state index in [1.807, 2.05) is 41.3 Å². The van der Waals surface area contributed by atoms with Crippen LogP contribution in [-0.2, 0) is 4.79 Å². The van der Waals surface area contributed by atoms with Crippen molar-refractivity contribution in [3.8, 4) is 11.5 Å². The highest BCUT2D eigenvalue weighted by Crippen LogP contribution is 2.38. The number of rotatable bonds is 5. The van der Waals surface area contributed by atoms with Crippen LogP contribution in [-0.4, -0.2) is 36.3 Å². The van der Waals surface area contributed by atoms with Crippen molar-refractivity contribution in [3.05, 3.63) is 59.7 Å². The molecule has 0 aliphatic carbocycles. The second-order valence-corrected chi connectivity index (χ2v) is 6.94. The summed E-state index contributed by atoms with van der Waals surface area (Å²) in [6.45, 7) is 1.85. The van der Waals surface area contributed by atoms with Crippen LogP contribution in [0.25, 0.3) is 0 Å². The zero-order valence-electron chi connectivity index (χ0n) is 15.2. The lowest BCUT2D eigenvalue weighted by atomic mass is 10.0. The van der Waals surface area contributed by atoms with E-state index in [2.05, 4.69) is 0 Å². The predicted octanol–water partition coefficient (Wildman–Crippen LogP) is 3.78. The van der Waals surface area contributed by atoms with Crippen LogP contribution in [0, 0.1) is 0 Å². The zero-order chi connectivity index (χ0) is 18.6. The highest BCUT2D eigenvalue weighted by molar-refractivity contribution is 5.97. The molecule has 1 fully saturated rings. The number of Topliss-reactive ketones (excluding diaryl/α,β-unsaturated/α-hetero) is 1. The SMILES string of the molecule is O=C(CCC(=O)N1CCCC1c1ccc2c(c1)OCCO2)c1ccccc1. The second kappa shape index (κ2) is 7.82. The van der Waals surface area contributed by atoms with Crippen molar-refractivity contribution < 1.29 is 19.1 Å². The summed E-state index contributed by atoms with van der Waals surface area (Å²) in [5.74, 6) is 1.56. The van der Waals surface area contributed by atoms with Gasteiger partial charge >= 0.3 is 0 Å². The third-order valence-electron chi connectivity index (χ3n) is 5.19. The summed E-state index contributed by atoms with van der Waals surface area (Å²) in [5.41, 5.74) is 1.73. The van der Waals surface area contributed by atoms with Gasteiger partial charge in [0.25, 0.3) is 0 Å². The van der Waals surface area contributed by atoms with Crippen molar-refractivity contribution in [1.29, 1.82) is 0 Å². The van der Waals surface area contributed by atoms with Crippen molar-refractivity contribution in [3.63, 3.8) is 0 Å². The topological polar surface area (TPSA) is 55.8 Å². The van der Waals surface area contributed by atoms with Crippen molar-refractivity contribution in [2.75, 3.05) is 19.8 Å². The summed E-state index contributed by atoms with van der Waals surface area (Å²) in [4.78, 5) is 27.0. The van der Waals surface area contributed by atoms with E-state index < -0.39 is 0 Å². The molecule has 1 amide bonds. The molecule has 0 aromatic heterocycles. The Kier molecular flexibility index (Phi) is 5.10. The van der Waals surface area contributed by atoms with Crippen LogP contribution < -0.4 is 9.47 Å². The number of nitrogens with zero attached hydrogens (tertiary/aromatic N) is 1. The molecule has 5 heteroatoms. The first kappa shape index (κ1) is 17.6. The van der Waals surface area contributed by atoms with Gasteiger partial charge in [0.1, 0.15) is 13.2 Å². The van der Waals surface area contributed by atoms with Crippen LogP contribution in [0.5, 0.6) is 11.5 Å². The summed E-state index contributed by atoms with van der Waals surface area (Å²) in [5, 5.41) is 0. The highest BCUT2D eigenvalue weighted by Gasteiger charge is 2.30. The lowest BCUT2D eigenvalue weighted by Crippen LogP contribution is -2.30. The fourth-order valence-electron chi connectivity index (χ4n) is 3.81. The second-order valence-electron chi connectivity index (χ2n) is 6.94. The molecule has 4 rings (SSSR count). The van der Waals surface area contributed by atoms with Crippen molar-refractivity contribution in [2.45, 2.75) is 31.7 Å². The van der Waals surface area contributed by atoms with Gasteiger partial charge in [-0.2, -0.15) is 0 Å². The van der Waals surface area contributed by atoms with E-state index >= 15 is 0 Å². The molecule has 2 aliphatic heterocycles. The molecule has 2 aromatic rings. The molecule has 0 bridgehead atoms. The number of likely N-dealkylation sites (tertiary alicyclic amines) is 1. The Labute approximate surface area is 158 Å². The summed E-state index contributed by atoms with van der Waals surface area (Å²) in [7, 11) is 0. The number of hydrogen-bond donors (Lipinski definition) is 0. The van der Waals surface area contributed by atoms with Gasteiger partial charge in [-0.05, 0) is 30.5 Å². The smallest absolute Gasteiger partial charge is 0.223 e. The third kappa shape index (κ3) is 3.82. The lowest BCUT2D eigenvalue weighted by Gasteiger charge is -2.26. The minimum atomic E-state index is 0.0130. The number of fused-ring (bicyclic) bond motifs is 1. The Morgan fingerprint density at radius 3 is 2.56 bits per heavy atom. The standard InChI is InChI=1S/C22H23NO4/c24-19(16-5-2-1-3-6-16)9-11-22(25)23-12-4-7-18(23)17-8-10-20-21(15-17)27-14-13-26-20/h1-3,5-6,8,10,15,18H,4,7,9,11-14H2. The van der Waals surface area contributed by atoms with Crippen molar-refractivity contribution >= 4 is 11.7 Å². The van der Waals surface area contributed by atoms with Crippen molar-refractivity contribution in [1.82, 2.24) is 4.90 Å². The van der Waals surface area contributed by atoms with Gasteiger partial charge in [-0.25, -0.2) is 0 Å². The number of ketones is 1. The van der Waals surface area contributed by atoms with Crippen LogP contribution in [0.2, 0.25) is 0 Å². The molecule has 1 atom stereocenters. The van der Waals surface area contributed by atoms with Gasteiger partial charge in [0.05, 0.1) is 6.04 Å². The maximum atomic E-state index is 12.8. The first-order chi connectivity index (χ1) is 13.2. The average Bonchev–Trinajstić information content (AvgIpc) is 3.22. The Balaban J connectivity index is 1.42. The van der Waals surface area contributed by atoms with E-state index in [0.29, 0.717) is 18.8 Å². The molecule has 1 unspecified atom stereocenters. The van der Waals surface area contributed by atoms with Gasteiger partial charge in [-0.15, -0.1) is 0 Å². The van der Waals surface area contributed by atoms with Gasteiger partial charge in [0, 0.05) is 24.9 Å². The number of hydrogen-bond acceptors (Lipinski definition) is 4. The summed E-state index contributed by atoms with van der Waals surface area (Å²) < 4.78 is 11.3. The van der Waals surface area contributed by atoms with E-state index in [4.69, 9.17) is 9.47 Å². The molecule has 0 spiro atoms. The monoisotopic (exact) mass is 365 g/mol. The molecular formula is C22H23NO4. The first-order valence-corrected chi connectivity index (χ1v) is 9.49. The Hall–Kier alpha value is -2.82. The minimum Gasteiger partial charge on any atom is -0.486 e. The van der Waals surface area contributed by atoms with Crippen LogP contribution in [0.1, 0.15) is 47.6 Å². The number of benzene rings is 2. The van der Waals surface area contributed by atoms with Crippen LogP contribution >= 0.6 is 0 Å². The van der Waals surface area contributed by atoms with Gasteiger partial charge in [-0.3, -0.25) is 9.59 Å². The van der Waals surface area contributed by atoms with E-state index in [-0.39, 0.29) is 30.6 Å². The summed E-state index contributed by atoms with van der Waals surface area (Å²) in [6, 6.07) is 15.1. The Morgan fingerprint density at radius 1 is 0.963 bits per heavy atom. The highest BCUT2D eigenvalue weighted by atomic mass is 16.6. The Bertz CT molecular complexity index is 833. The molecule has 0 saturated carbocycles. The molecule has 140 valence electrons. The molecule has 0 N–H and O–H groups in total. The van der Waals surface area contributed by atoms with Gasteiger partial charge in [0.2, 0.25) is 5.91 Å². The van der Waals surface area contributed by atoms with Gasteiger partial charge in [-0.1, -0.05) is 36.4 Å². The molecule has 27 heavy (non-hydrogen) atoms. The zero-order valence-corrected chi connectivity index (χ0v) is 15.2. The van der Waals surface area contributed by atoms with E-state index in [1.165, 1.54) is 0 Å². The number of ether oxygens (including phenoxy) is 2. The maximum absolute atomic E-state index is 12.8. The third-order valence-corrected chi connectivity index (χ3v) is 5.19. The molecule has 0 radical (unpaired) electrons. The number of carbonyl (C=O) groups excluding carboxylic acids is 2. The molecule has 2 aliphatic rings. The first-order valence-electron chi connectivity index (χ1n) is 9.49. The van der Waals surface area contributed by atoms with E-state index in [0.717, 1.165) is 36.4 Å². The van der Waals surface area contributed by atoms with Gasteiger partial charge < -0.3 is 14.4 Å². The fourth-order valence-corrected chi connectivity index (χ4v) is 3.81. The largest absolute Gasteiger partial charge is 0.486 e. The molecular weight excluding hydrogens is 342 g/mol. The van der Waals surface area contributed by atoms with E-state index in [9.17, 15) is 9.59 Å². The number of carbonyl (C=O) groups is 2. The summed E-state index contributed by atoms with van der Waals surface area (Å²) in [6.07, 6.45) is 2.39. The van der Waals surface area contributed by atoms with Crippen molar-refractivity contribution in [2.24, 2.45) is 0 Å². The fraction of sp³-hybridized carbons (Fsp3) is 0.364. The predicted molar refractivity (Wildman–Crippen MR) is 101 cm³/mol. The molecule has 2 heterocycles. The number of amides is 1. The normalized spacial score (nSPS) is 18.4. The average molecular weight is 365 g/mol. The van der Waals surface area contributed by atoms with Crippen LogP contribution in [0.4, 0.5) is 0 Å². The summed E-state index contributed by atoms with van der Waals surface area (Å²) >= 11 is 0. The van der Waals surface area contributed by atoms with Gasteiger partial charge in [0.15, 0.2) is 17.3 Å². The quantitative estimate of drug-likeness (QED) is 0.757. The Morgan fingerprint density at radius 2 is 1.74 bits per heavy atom. The van der Waals surface area contributed by atoms with E-state index in [1.54, 1.807) is 12.1 Å². The van der Waals surface area contributed by atoms with Crippen LogP contribution in [0.15, 0.2) is 48.5 Å². The molecule has 1 saturated heterocycles. The van der Waals surface area contributed by atoms with Crippen LogP contribution in [0.3, 0.4) is 0 Å². The maximum Gasteiger partial charge on any atom is 0.223 e. The molecule has 2 aromatic carbocycles. The lowest BCUT2D eigenvalue weighted by molar-refractivity contribution is -0.132.